The molecule has 2 rings (SSSR count). The third-order valence-corrected chi connectivity index (χ3v) is 4.39. The maximum absolute atomic E-state index is 12.0. The van der Waals surface area contributed by atoms with Crippen LogP contribution in [0.3, 0.4) is 0 Å². The Kier molecular flexibility index (Phi) is 5.55. The van der Waals surface area contributed by atoms with Crippen LogP contribution in [0, 0.1) is 13.8 Å². The summed E-state index contributed by atoms with van der Waals surface area (Å²) in [4.78, 5) is 23.7. The summed E-state index contributed by atoms with van der Waals surface area (Å²) in [5.74, 6) is -1.31. The molecule has 1 amide bonds. The Balaban J connectivity index is 2.02. The van der Waals surface area contributed by atoms with E-state index in [1.54, 1.807) is 0 Å². The molecule has 0 fully saturated rings. The fraction of sp³-hybridized carbons (Fsp3) is 0.176. The number of hydrogen-bond acceptors (Lipinski definition) is 5. The number of esters is 1. The number of hydrogen-bond donors (Lipinski definition) is 2. The largest absolute Gasteiger partial charge is 0.452 e. The fourth-order valence-electron chi connectivity index (χ4n) is 2.20. The second-order valence-electron chi connectivity index (χ2n) is 5.46. The molecular formula is C17H18N2O5S. The topological polar surface area (TPSA) is 116 Å². The Hall–Kier alpha value is -2.71. The van der Waals surface area contributed by atoms with Crippen molar-refractivity contribution in [3.63, 3.8) is 0 Å². The van der Waals surface area contributed by atoms with Crippen molar-refractivity contribution in [2.45, 2.75) is 18.7 Å². The van der Waals surface area contributed by atoms with Crippen LogP contribution in [0.15, 0.2) is 47.4 Å². The van der Waals surface area contributed by atoms with E-state index in [1.807, 2.05) is 32.0 Å². The van der Waals surface area contributed by atoms with Crippen LogP contribution in [0.2, 0.25) is 0 Å². The second-order valence-corrected chi connectivity index (χ2v) is 7.03. The summed E-state index contributed by atoms with van der Waals surface area (Å²) in [6.45, 7) is 3.22. The van der Waals surface area contributed by atoms with Gasteiger partial charge in [-0.1, -0.05) is 24.3 Å². The average molecular weight is 362 g/mol. The normalized spacial score (nSPS) is 11.0. The molecule has 25 heavy (non-hydrogen) atoms. The molecule has 0 heterocycles. The van der Waals surface area contributed by atoms with Gasteiger partial charge in [0, 0.05) is 5.69 Å². The molecule has 8 heteroatoms. The zero-order chi connectivity index (χ0) is 18.6. The van der Waals surface area contributed by atoms with E-state index in [1.165, 1.54) is 18.2 Å². The lowest BCUT2D eigenvalue weighted by Gasteiger charge is -2.11. The number of para-hydroxylation sites is 1. The predicted molar refractivity (Wildman–Crippen MR) is 92.6 cm³/mol. The number of carbonyl (C=O) groups excluding carboxylic acids is 2. The smallest absolute Gasteiger partial charge is 0.338 e. The highest BCUT2D eigenvalue weighted by Crippen LogP contribution is 2.19. The Labute approximate surface area is 145 Å². The lowest BCUT2D eigenvalue weighted by Crippen LogP contribution is -2.22. The summed E-state index contributed by atoms with van der Waals surface area (Å²) in [5, 5.41) is 7.71. The van der Waals surface area contributed by atoms with E-state index in [-0.39, 0.29) is 10.5 Å². The molecule has 0 aliphatic rings. The summed E-state index contributed by atoms with van der Waals surface area (Å²) < 4.78 is 27.5. The van der Waals surface area contributed by atoms with E-state index in [0.717, 1.165) is 17.2 Å². The highest BCUT2D eigenvalue weighted by molar-refractivity contribution is 7.89. The van der Waals surface area contributed by atoms with Crippen molar-refractivity contribution in [2.24, 2.45) is 5.14 Å². The lowest BCUT2D eigenvalue weighted by molar-refractivity contribution is -0.119. The van der Waals surface area contributed by atoms with E-state index in [4.69, 9.17) is 9.88 Å². The van der Waals surface area contributed by atoms with Crippen LogP contribution in [-0.2, 0) is 19.6 Å². The van der Waals surface area contributed by atoms with Gasteiger partial charge >= 0.3 is 5.97 Å². The number of anilines is 1. The minimum Gasteiger partial charge on any atom is -0.452 e. The summed E-state index contributed by atoms with van der Waals surface area (Å²) in [6, 6.07) is 10.7. The van der Waals surface area contributed by atoms with E-state index in [0.29, 0.717) is 5.69 Å². The van der Waals surface area contributed by atoms with Crippen LogP contribution in [0.4, 0.5) is 5.69 Å². The standard InChI is InChI=1S/C17H18N2O5S/c1-11-5-3-6-12(2)16(11)19-15(20)10-24-17(21)13-7-4-8-14(9-13)25(18,22)23/h3-9H,10H2,1-2H3,(H,19,20)(H2,18,22,23). The van der Waals surface area contributed by atoms with Gasteiger partial charge in [-0.25, -0.2) is 18.4 Å². The van der Waals surface area contributed by atoms with Crippen LogP contribution in [-0.4, -0.2) is 26.9 Å². The third kappa shape index (κ3) is 4.88. The molecule has 3 N–H and O–H groups in total. The van der Waals surface area contributed by atoms with E-state index < -0.39 is 28.5 Å². The summed E-state index contributed by atoms with van der Waals surface area (Å²) in [6.07, 6.45) is 0. The van der Waals surface area contributed by atoms with Crippen molar-refractivity contribution in [1.82, 2.24) is 0 Å². The molecule has 2 aromatic carbocycles. The summed E-state index contributed by atoms with van der Waals surface area (Å²) in [7, 11) is -3.93. The number of nitrogens with one attached hydrogen (secondary N) is 1. The van der Waals surface area contributed by atoms with Gasteiger partial charge in [-0.05, 0) is 43.2 Å². The van der Waals surface area contributed by atoms with Crippen LogP contribution < -0.4 is 10.5 Å². The molecule has 0 aliphatic carbocycles. The Morgan fingerprint density at radius 2 is 1.68 bits per heavy atom. The van der Waals surface area contributed by atoms with Crippen molar-refractivity contribution < 1.29 is 22.7 Å². The van der Waals surface area contributed by atoms with Gasteiger partial charge in [-0.15, -0.1) is 0 Å². The van der Waals surface area contributed by atoms with Crippen molar-refractivity contribution in [1.29, 1.82) is 0 Å². The van der Waals surface area contributed by atoms with Gasteiger partial charge in [0.15, 0.2) is 6.61 Å². The zero-order valence-electron chi connectivity index (χ0n) is 13.8. The molecule has 0 spiro atoms. The second kappa shape index (κ2) is 7.45. The van der Waals surface area contributed by atoms with Crippen molar-refractivity contribution >= 4 is 27.6 Å². The molecule has 0 aromatic heterocycles. The lowest BCUT2D eigenvalue weighted by atomic mass is 10.1. The summed E-state index contributed by atoms with van der Waals surface area (Å²) in [5.41, 5.74) is 2.44. The number of sulfonamides is 1. The number of aryl methyl sites for hydroxylation is 2. The number of carbonyl (C=O) groups is 2. The fourth-order valence-corrected chi connectivity index (χ4v) is 2.76. The maximum atomic E-state index is 12.0. The van der Waals surface area contributed by atoms with Crippen molar-refractivity contribution in [3.8, 4) is 0 Å². The monoisotopic (exact) mass is 362 g/mol. The van der Waals surface area contributed by atoms with Crippen LogP contribution in [0.25, 0.3) is 0 Å². The Morgan fingerprint density at radius 3 is 2.28 bits per heavy atom. The van der Waals surface area contributed by atoms with Crippen LogP contribution in [0.1, 0.15) is 21.5 Å². The molecule has 0 saturated heterocycles. The number of primary sulfonamides is 1. The van der Waals surface area contributed by atoms with E-state index >= 15 is 0 Å². The Bertz CT molecular complexity index is 902. The highest BCUT2D eigenvalue weighted by atomic mass is 32.2. The number of benzene rings is 2. The Morgan fingerprint density at radius 1 is 1.08 bits per heavy atom. The SMILES string of the molecule is Cc1cccc(C)c1NC(=O)COC(=O)c1cccc(S(N)(=O)=O)c1. The van der Waals surface area contributed by atoms with Crippen molar-refractivity contribution in [2.75, 3.05) is 11.9 Å². The van der Waals surface area contributed by atoms with Gasteiger partial charge in [0.1, 0.15) is 0 Å². The number of amides is 1. The van der Waals surface area contributed by atoms with Crippen LogP contribution in [0.5, 0.6) is 0 Å². The molecule has 0 unspecified atom stereocenters. The molecule has 0 saturated carbocycles. The van der Waals surface area contributed by atoms with Gasteiger partial charge in [0.05, 0.1) is 10.5 Å². The van der Waals surface area contributed by atoms with Gasteiger partial charge in [-0.2, -0.15) is 0 Å². The first kappa shape index (κ1) is 18.6. The van der Waals surface area contributed by atoms with E-state index in [2.05, 4.69) is 5.32 Å². The molecule has 2 aromatic rings. The van der Waals surface area contributed by atoms with E-state index in [9.17, 15) is 18.0 Å². The maximum Gasteiger partial charge on any atom is 0.338 e. The van der Waals surface area contributed by atoms with Gasteiger partial charge in [0.25, 0.3) is 5.91 Å². The zero-order valence-corrected chi connectivity index (χ0v) is 14.6. The highest BCUT2D eigenvalue weighted by Gasteiger charge is 2.15. The number of rotatable bonds is 5. The molecule has 132 valence electrons. The molecular weight excluding hydrogens is 344 g/mol. The quantitative estimate of drug-likeness (QED) is 0.786. The first-order valence-electron chi connectivity index (χ1n) is 7.34. The van der Waals surface area contributed by atoms with Crippen LogP contribution >= 0.6 is 0 Å². The third-order valence-electron chi connectivity index (χ3n) is 3.48. The molecule has 0 aliphatic heterocycles. The van der Waals surface area contributed by atoms with Crippen molar-refractivity contribution in [3.05, 3.63) is 59.2 Å². The predicted octanol–water partition coefficient (Wildman–Crippen LogP) is 1.75. The molecule has 0 radical (unpaired) electrons. The van der Waals surface area contributed by atoms with Gasteiger partial charge in [0.2, 0.25) is 10.0 Å². The molecule has 7 nitrogen and oxygen atoms in total. The van der Waals surface area contributed by atoms with Gasteiger partial charge < -0.3 is 10.1 Å². The summed E-state index contributed by atoms with van der Waals surface area (Å²) >= 11 is 0. The number of nitrogens with two attached hydrogens (primary N) is 1. The first-order chi connectivity index (χ1) is 11.7. The first-order valence-corrected chi connectivity index (χ1v) is 8.89. The average Bonchev–Trinajstić information content (AvgIpc) is 2.55. The number of ether oxygens (including phenoxy) is 1. The minimum atomic E-state index is -3.93. The molecule has 0 atom stereocenters. The van der Waals surface area contributed by atoms with Gasteiger partial charge in [-0.3, -0.25) is 4.79 Å². The molecule has 0 bridgehead atoms. The minimum absolute atomic E-state index is 0.00797.